The number of rotatable bonds is 4. The minimum Gasteiger partial charge on any atom is -0.335 e. The third-order valence-electron chi connectivity index (χ3n) is 3.83. The van der Waals surface area contributed by atoms with Crippen LogP contribution in [0.1, 0.15) is 28.9 Å². The number of carbonyl (C=O) groups is 1. The zero-order valence-electron chi connectivity index (χ0n) is 13.3. The molecule has 9 heteroatoms. The van der Waals surface area contributed by atoms with Gasteiger partial charge >= 0.3 is 0 Å². The predicted octanol–water partition coefficient (Wildman–Crippen LogP) is 3.10. The molecule has 0 bridgehead atoms. The predicted molar refractivity (Wildman–Crippen MR) is 89.7 cm³/mol. The zero-order chi connectivity index (χ0) is 18.9. The van der Waals surface area contributed by atoms with Crippen LogP contribution in [0.5, 0.6) is 0 Å². The maximum atomic E-state index is 13.4. The highest BCUT2D eigenvalue weighted by molar-refractivity contribution is 7.89. The molecule has 0 radical (unpaired) electrons. The van der Waals surface area contributed by atoms with Crippen LogP contribution in [-0.4, -0.2) is 26.3 Å². The Hall–Kier alpha value is -2.03. The summed E-state index contributed by atoms with van der Waals surface area (Å²) in [6, 6.07) is 6.68. The van der Waals surface area contributed by atoms with Crippen molar-refractivity contribution in [3.05, 3.63) is 64.2 Å². The second-order valence-corrected chi connectivity index (χ2v) is 7.42. The van der Waals surface area contributed by atoms with Gasteiger partial charge in [-0.05, 0) is 36.8 Å². The van der Waals surface area contributed by atoms with E-state index >= 15 is 0 Å². The molecule has 1 amide bonds. The fraction of sp³-hybridized carbons (Fsp3) is 0.188. The van der Waals surface area contributed by atoms with E-state index in [1.165, 1.54) is 36.2 Å². The van der Waals surface area contributed by atoms with E-state index in [1.807, 2.05) is 0 Å². The van der Waals surface area contributed by atoms with Crippen LogP contribution < -0.4 is 5.14 Å². The number of hydrogen-bond donors (Lipinski definition) is 1. The molecule has 0 unspecified atom stereocenters. The van der Waals surface area contributed by atoms with Gasteiger partial charge in [0, 0.05) is 7.05 Å². The molecule has 1 atom stereocenters. The number of primary sulfonamides is 1. The van der Waals surface area contributed by atoms with E-state index < -0.39 is 33.6 Å². The first kappa shape index (κ1) is 19.3. The van der Waals surface area contributed by atoms with Crippen molar-refractivity contribution in [2.24, 2.45) is 5.14 Å². The van der Waals surface area contributed by atoms with E-state index in [0.29, 0.717) is 5.56 Å². The van der Waals surface area contributed by atoms with Gasteiger partial charge in [-0.15, -0.1) is 0 Å². The van der Waals surface area contributed by atoms with Crippen molar-refractivity contribution in [1.82, 2.24) is 4.90 Å². The molecule has 0 fully saturated rings. The molecule has 2 rings (SSSR count). The fourth-order valence-corrected chi connectivity index (χ4v) is 2.96. The molecule has 2 N–H and O–H groups in total. The molecule has 0 aliphatic rings. The molecular weight excluding hydrogens is 374 g/mol. The van der Waals surface area contributed by atoms with Crippen LogP contribution in [0.4, 0.5) is 8.78 Å². The van der Waals surface area contributed by atoms with Gasteiger partial charge in [-0.1, -0.05) is 23.7 Å². The number of nitrogens with zero attached hydrogens (tertiary/aromatic N) is 1. The number of amides is 1. The van der Waals surface area contributed by atoms with E-state index in [-0.39, 0.29) is 15.5 Å². The van der Waals surface area contributed by atoms with Crippen LogP contribution in [-0.2, 0) is 10.0 Å². The summed E-state index contributed by atoms with van der Waals surface area (Å²) in [5, 5.41) is 4.84. The van der Waals surface area contributed by atoms with Gasteiger partial charge in [0.1, 0.15) is 0 Å². The highest BCUT2D eigenvalue weighted by atomic mass is 35.5. The lowest BCUT2D eigenvalue weighted by Gasteiger charge is -2.26. The van der Waals surface area contributed by atoms with Crippen molar-refractivity contribution in [2.75, 3.05) is 7.05 Å². The van der Waals surface area contributed by atoms with Crippen LogP contribution >= 0.6 is 11.6 Å². The summed E-state index contributed by atoms with van der Waals surface area (Å²) in [5.41, 5.74) is 0.457. The van der Waals surface area contributed by atoms with E-state index in [9.17, 15) is 22.0 Å². The molecule has 0 aromatic heterocycles. The summed E-state index contributed by atoms with van der Waals surface area (Å²) >= 11 is 5.83. The molecule has 0 saturated heterocycles. The normalized spacial score (nSPS) is 12.7. The van der Waals surface area contributed by atoms with Crippen LogP contribution in [0.15, 0.2) is 41.3 Å². The monoisotopic (exact) mass is 388 g/mol. The lowest BCUT2D eigenvalue weighted by molar-refractivity contribution is 0.0742. The van der Waals surface area contributed by atoms with Crippen LogP contribution in [0, 0.1) is 11.6 Å². The van der Waals surface area contributed by atoms with Crippen molar-refractivity contribution in [3.63, 3.8) is 0 Å². The summed E-state index contributed by atoms with van der Waals surface area (Å²) in [6.45, 7) is 1.69. The molecule has 5 nitrogen and oxygen atoms in total. The Morgan fingerprint density at radius 3 is 2.20 bits per heavy atom. The summed E-state index contributed by atoms with van der Waals surface area (Å²) in [4.78, 5) is 13.7. The average Bonchev–Trinajstić information content (AvgIpc) is 2.55. The maximum absolute atomic E-state index is 13.4. The number of hydrogen-bond acceptors (Lipinski definition) is 3. The Bertz CT molecular complexity index is 918. The van der Waals surface area contributed by atoms with Crippen molar-refractivity contribution in [1.29, 1.82) is 0 Å². The Balaban J connectivity index is 2.29. The van der Waals surface area contributed by atoms with Crippen molar-refractivity contribution in [3.8, 4) is 0 Å². The average molecular weight is 389 g/mol. The summed E-state index contributed by atoms with van der Waals surface area (Å²) in [6.07, 6.45) is 0. The minimum atomic E-state index is -3.81. The highest BCUT2D eigenvalue weighted by Crippen LogP contribution is 2.26. The third kappa shape index (κ3) is 4.15. The number of halogens is 3. The maximum Gasteiger partial charge on any atom is 0.255 e. The van der Waals surface area contributed by atoms with Crippen LogP contribution in [0.2, 0.25) is 5.02 Å². The molecule has 2 aromatic rings. The van der Waals surface area contributed by atoms with E-state index in [0.717, 1.165) is 12.1 Å². The molecule has 0 heterocycles. The van der Waals surface area contributed by atoms with Crippen molar-refractivity contribution in [2.45, 2.75) is 17.9 Å². The molecule has 0 aliphatic carbocycles. The van der Waals surface area contributed by atoms with Crippen molar-refractivity contribution < 1.29 is 22.0 Å². The second-order valence-electron chi connectivity index (χ2n) is 5.45. The number of sulfonamides is 1. The summed E-state index contributed by atoms with van der Waals surface area (Å²) in [5.74, 6) is -2.92. The van der Waals surface area contributed by atoms with E-state index in [1.54, 1.807) is 6.92 Å². The number of nitrogens with two attached hydrogens (primary N) is 1. The van der Waals surface area contributed by atoms with Crippen LogP contribution in [0.3, 0.4) is 0 Å². The standard InChI is InChI=1S/C16H15ClF2N2O3S/c1-9(10-3-5-11(6-4-10)25(20,23)24)21(2)16(22)12-7-14(18)15(19)8-13(12)17/h3-9H,1-2H3,(H2,20,23,24)/t9-/m1/s1. The van der Waals surface area contributed by atoms with Gasteiger partial charge in [0.05, 0.1) is 21.5 Å². The lowest BCUT2D eigenvalue weighted by atomic mass is 10.1. The minimum absolute atomic E-state index is 0.0546. The molecule has 0 spiro atoms. The Morgan fingerprint density at radius 2 is 1.68 bits per heavy atom. The summed E-state index contributed by atoms with van der Waals surface area (Å²) in [7, 11) is -2.34. The molecule has 0 saturated carbocycles. The van der Waals surface area contributed by atoms with E-state index in [4.69, 9.17) is 16.7 Å². The van der Waals surface area contributed by atoms with Crippen LogP contribution in [0.25, 0.3) is 0 Å². The SMILES string of the molecule is C[C@H](c1ccc(S(N)(=O)=O)cc1)N(C)C(=O)c1cc(F)c(F)cc1Cl. The first-order valence-corrected chi connectivity index (χ1v) is 8.99. The van der Waals surface area contributed by atoms with Gasteiger partial charge in [-0.25, -0.2) is 22.3 Å². The topological polar surface area (TPSA) is 80.5 Å². The highest BCUT2D eigenvalue weighted by Gasteiger charge is 2.23. The fourth-order valence-electron chi connectivity index (χ4n) is 2.21. The van der Waals surface area contributed by atoms with Gasteiger partial charge in [-0.2, -0.15) is 0 Å². The molecule has 134 valence electrons. The smallest absolute Gasteiger partial charge is 0.255 e. The zero-order valence-corrected chi connectivity index (χ0v) is 14.9. The quantitative estimate of drug-likeness (QED) is 0.817. The molecular formula is C16H15ClF2N2O3S. The first-order chi connectivity index (χ1) is 11.5. The lowest BCUT2D eigenvalue weighted by Crippen LogP contribution is -2.30. The van der Waals surface area contributed by atoms with E-state index in [2.05, 4.69) is 0 Å². The summed E-state index contributed by atoms with van der Waals surface area (Å²) < 4.78 is 49.1. The Labute approximate surface area is 149 Å². The largest absolute Gasteiger partial charge is 0.335 e. The van der Waals surface area contributed by atoms with Gasteiger partial charge in [0.2, 0.25) is 10.0 Å². The number of carbonyl (C=O) groups excluding carboxylic acids is 1. The number of benzene rings is 2. The Kier molecular flexibility index (Phi) is 5.46. The van der Waals surface area contributed by atoms with Gasteiger partial charge < -0.3 is 4.90 Å². The van der Waals surface area contributed by atoms with Gasteiger partial charge in [-0.3, -0.25) is 4.79 Å². The van der Waals surface area contributed by atoms with Gasteiger partial charge in [0.25, 0.3) is 5.91 Å². The Morgan fingerprint density at radius 1 is 1.16 bits per heavy atom. The van der Waals surface area contributed by atoms with Gasteiger partial charge in [0.15, 0.2) is 11.6 Å². The molecule has 0 aliphatic heterocycles. The first-order valence-electron chi connectivity index (χ1n) is 7.07. The molecule has 25 heavy (non-hydrogen) atoms. The molecule has 2 aromatic carbocycles. The van der Waals surface area contributed by atoms with Crippen molar-refractivity contribution >= 4 is 27.5 Å². The third-order valence-corrected chi connectivity index (χ3v) is 5.07. The second kappa shape index (κ2) is 7.07.